The van der Waals surface area contributed by atoms with E-state index in [0.717, 1.165) is 39.2 Å². The van der Waals surface area contributed by atoms with Gasteiger partial charge in [-0.3, -0.25) is 0 Å². The molecule has 2 nitrogen and oxygen atoms in total. The minimum Gasteiger partial charge on any atom is -0.228 e. The van der Waals surface area contributed by atoms with Gasteiger partial charge in [-0.1, -0.05) is 184 Å². The monoisotopic (exact) mass is 744 g/mol. The number of allylic oxidation sites excluding steroid dienone is 4. The van der Waals surface area contributed by atoms with Crippen molar-refractivity contribution in [3.05, 3.63) is 233 Å². The molecule has 0 aliphatic heterocycles. The van der Waals surface area contributed by atoms with Crippen LogP contribution < -0.4 is 0 Å². The molecule has 278 valence electrons. The quantitative estimate of drug-likeness (QED) is 0.169. The van der Waals surface area contributed by atoms with Gasteiger partial charge in [0.1, 0.15) is 0 Å². The second kappa shape index (κ2) is 13.9. The summed E-state index contributed by atoms with van der Waals surface area (Å²) in [5.41, 5.74) is 19.8. The zero-order chi connectivity index (χ0) is 39.4. The summed E-state index contributed by atoms with van der Waals surface area (Å²) in [6, 6.07) is 65.9. The van der Waals surface area contributed by atoms with Crippen LogP contribution in [-0.2, 0) is 10.8 Å². The van der Waals surface area contributed by atoms with Crippen molar-refractivity contribution in [2.45, 2.75) is 38.5 Å². The minimum atomic E-state index is -0.416. The third kappa shape index (κ3) is 5.55. The van der Waals surface area contributed by atoms with Gasteiger partial charge in [-0.2, -0.15) is 0 Å². The van der Waals surface area contributed by atoms with Crippen LogP contribution in [0.3, 0.4) is 0 Å². The van der Waals surface area contributed by atoms with Gasteiger partial charge in [-0.15, -0.1) is 0 Å². The fourth-order valence-corrected chi connectivity index (χ4v) is 9.76. The molecule has 0 saturated heterocycles. The number of hydrogen-bond acceptors (Lipinski definition) is 2. The molecule has 1 heterocycles. The molecule has 1 atom stereocenters. The Kier molecular flexibility index (Phi) is 8.53. The van der Waals surface area contributed by atoms with Gasteiger partial charge in [0.2, 0.25) is 0 Å². The molecule has 1 unspecified atom stereocenters. The summed E-state index contributed by atoms with van der Waals surface area (Å²) in [7, 11) is 0. The number of hydrogen-bond donors (Lipinski definition) is 0. The van der Waals surface area contributed by atoms with E-state index >= 15 is 0 Å². The maximum absolute atomic E-state index is 5.28. The lowest BCUT2D eigenvalue weighted by atomic mass is 9.55. The van der Waals surface area contributed by atoms with Gasteiger partial charge in [0, 0.05) is 22.1 Å². The van der Waals surface area contributed by atoms with E-state index in [1.54, 1.807) is 0 Å². The van der Waals surface area contributed by atoms with Crippen molar-refractivity contribution in [1.82, 2.24) is 9.97 Å². The number of fused-ring (bicyclic) bond motifs is 6. The summed E-state index contributed by atoms with van der Waals surface area (Å²) in [4.78, 5) is 10.4. The van der Waals surface area contributed by atoms with Gasteiger partial charge in [0.15, 0.2) is 5.82 Å². The number of nitrogens with zero attached hydrogens (tertiary/aromatic N) is 2. The van der Waals surface area contributed by atoms with E-state index in [2.05, 4.69) is 216 Å². The van der Waals surface area contributed by atoms with Crippen LogP contribution in [0, 0.1) is 0 Å². The molecule has 1 aromatic heterocycles. The Morgan fingerprint density at radius 2 is 0.931 bits per heavy atom. The van der Waals surface area contributed by atoms with Crippen LogP contribution in [0.15, 0.2) is 200 Å². The van der Waals surface area contributed by atoms with E-state index in [-0.39, 0.29) is 5.41 Å². The highest BCUT2D eigenvalue weighted by atomic mass is 14.9. The molecule has 2 aliphatic rings. The molecule has 7 aromatic carbocycles. The van der Waals surface area contributed by atoms with E-state index in [4.69, 9.17) is 9.97 Å². The SMILES string of the molecule is C/C=C\C1=C(C)C2(c3ccccc31)c1ccccc1C(C)(C)c1ccc(-c3cccc(-c4cc(-c5ccccc5)nc(-c5cccc(-c6ccccc6)c5)n4)c3)cc12. The van der Waals surface area contributed by atoms with E-state index in [1.807, 2.05) is 6.07 Å². The maximum atomic E-state index is 5.28. The first kappa shape index (κ1) is 35.5. The Morgan fingerprint density at radius 3 is 1.66 bits per heavy atom. The molecule has 0 N–H and O–H groups in total. The van der Waals surface area contributed by atoms with Crippen molar-refractivity contribution in [2.75, 3.05) is 0 Å². The van der Waals surface area contributed by atoms with E-state index in [9.17, 15) is 0 Å². The fourth-order valence-electron chi connectivity index (χ4n) is 9.76. The molecule has 0 bridgehead atoms. The van der Waals surface area contributed by atoms with Crippen LogP contribution in [0.2, 0.25) is 0 Å². The number of benzene rings is 7. The third-order valence-electron chi connectivity index (χ3n) is 12.5. The van der Waals surface area contributed by atoms with Crippen molar-refractivity contribution in [3.63, 3.8) is 0 Å². The van der Waals surface area contributed by atoms with Crippen molar-refractivity contribution in [2.24, 2.45) is 0 Å². The van der Waals surface area contributed by atoms with Crippen LogP contribution in [0.25, 0.3) is 61.7 Å². The van der Waals surface area contributed by atoms with Crippen molar-refractivity contribution in [3.8, 4) is 56.2 Å². The Labute approximate surface area is 342 Å². The summed E-state index contributed by atoms with van der Waals surface area (Å²) in [6.45, 7) is 9.25. The molecule has 10 rings (SSSR count). The largest absolute Gasteiger partial charge is 0.228 e. The predicted octanol–water partition coefficient (Wildman–Crippen LogP) is 14.1. The molecule has 1 spiro atoms. The minimum absolute atomic E-state index is 0.181. The first-order valence-corrected chi connectivity index (χ1v) is 20.3. The Hall–Kier alpha value is -6.90. The summed E-state index contributed by atoms with van der Waals surface area (Å²) in [6.07, 6.45) is 4.48. The summed E-state index contributed by atoms with van der Waals surface area (Å²) < 4.78 is 0. The van der Waals surface area contributed by atoms with Crippen LogP contribution in [0.5, 0.6) is 0 Å². The van der Waals surface area contributed by atoms with E-state index < -0.39 is 5.41 Å². The Bertz CT molecular complexity index is 2930. The molecule has 2 aliphatic carbocycles. The Balaban J connectivity index is 1.15. The lowest BCUT2D eigenvalue weighted by molar-refractivity contribution is 0.558. The van der Waals surface area contributed by atoms with Crippen LogP contribution in [-0.4, -0.2) is 9.97 Å². The third-order valence-corrected chi connectivity index (χ3v) is 12.5. The molecule has 0 saturated carbocycles. The van der Waals surface area contributed by atoms with Gasteiger partial charge >= 0.3 is 0 Å². The lowest BCUT2D eigenvalue weighted by Crippen LogP contribution is -2.41. The number of aromatic nitrogens is 2. The fraction of sp³-hybridized carbons (Fsp3) is 0.107. The summed E-state index contributed by atoms with van der Waals surface area (Å²) in [5.74, 6) is 0.704. The highest BCUT2D eigenvalue weighted by Gasteiger charge is 2.52. The zero-order valence-corrected chi connectivity index (χ0v) is 33.4. The van der Waals surface area contributed by atoms with E-state index in [1.165, 1.54) is 55.7 Å². The average molecular weight is 745 g/mol. The standard InChI is InChI=1S/C56H44N2/c1-5-18-45-37(2)56(47-28-13-12-27-46(45)47)50-30-15-14-29-48(50)55(3,4)49-32-31-42(35-51(49)56)41-24-16-25-43(33-41)53-36-52(39-21-10-7-11-22-39)57-54(58-53)44-26-17-23-40(34-44)38-19-8-6-9-20-38/h5-36H,1-4H3/b18-5-. The molecule has 0 radical (unpaired) electrons. The van der Waals surface area contributed by atoms with Crippen LogP contribution in [0.1, 0.15) is 61.1 Å². The highest BCUT2D eigenvalue weighted by Crippen LogP contribution is 2.61. The van der Waals surface area contributed by atoms with E-state index in [0.29, 0.717) is 5.82 Å². The van der Waals surface area contributed by atoms with Gasteiger partial charge < -0.3 is 0 Å². The average Bonchev–Trinajstić information content (AvgIpc) is 3.53. The Morgan fingerprint density at radius 1 is 0.414 bits per heavy atom. The van der Waals surface area contributed by atoms with Gasteiger partial charge in [0.25, 0.3) is 0 Å². The molecule has 0 amide bonds. The lowest BCUT2D eigenvalue weighted by Gasteiger charge is -2.47. The van der Waals surface area contributed by atoms with Crippen molar-refractivity contribution >= 4 is 5.57 Å². The van der Waals surface area contributed by atoms with Crippen molar-refractivity contribution in [1.29, 1.82) is 0 Å². The first-order chi connectivity index (χ1) is 28.4. The van der Waals surface area contributed by atoms with Crippen LogP contribution in [0.4, 0.5) is 0 Å². The zero-order valence-electron chi connectivity index (χ0n) is 33.4. The van der Waals surface area contributed by atoms with Gasteiger partial charge in [-0.05, 0) is 105 Å². The second-order valence-corrected chi connectivity index (χ2v) is 16.1. The van der Waals surface area contributed by atoms with Crippen LogP contribution >= 0.6 is 0 Å². The topological polar surface area (TPSA) is 25.8 Å². The molecule has 8 aromatic rings. The normalized spacial score (nSPS) is 16.3. The summed E-state index contributed by atoms with van der Waals surface area (Å²) >= 11 is 0. The van der Waals surface area contributed by atoms with Gasteiger partial charge in [0.05, 0.1) is 16.8 Å². The predicted molar refractivity (Wildman–Crippen MR) is 242 cm³/mol. The second-order valence-electron chi connectivity index (χ2n) is 16.1. The first-order valence-electron chi connectivity index (χ1n) is 20.3. The van der Waals surface area contributed by atoms with Gasteiger partial charge in [-0.25, -0.2) is 9.97 Å². The molecule has 0 fully saturated rings. The maximum Gasteiger partial charge on any atom is 0.160 e. The van der Waals surface area contributed by atoms with Crippen molar-refractivity contribution < 1.29 is 0 Å². The molecular weight excluding hydrogens is 701 g/mol. The smallest absolute Gasteiger partial charge is 0.160 e. The molecule has 2 heteroatoms. The highest BCUT2D eigenvalue weighted by molar-refractivity contribution is 5.92. The summed E-state index contributed by atoms with van der Waals surface area (Å²) in [5, 5.41) is 0. The molecular formula is C56H44N2. The molecule has 58 heavy (non-hydrogen) atoms. The number of rotatable bonds is 6.